The third-order valence-corrected chi connectivity index (χ3v) is 8.75. The molecule has 0 bridgehead atoms. The average Bonchev–Trinajstić information content (AvgIpc) is 3.23. The molecule has 1 heterocycles. The van der Waals surface area contributed by atoms with E-state index >= 15 is 8.78 Å². The molecule has 43 heavy (non-hydrogen) atoms. The van der Waals surface area contributed by atoms with Gasteiger partial charge < -0.3 is 16.4 Å². The molecule has 0 radical (unpaired) electrons. The summed E-state index contributed by atoms with van der Waals surface area (Å²) in [6.45, 7) is 9.29. The van der Waals surface area contributed by atoms with E-state index in [9.17, 15) is 14.9 Å². The highest BCUT2D eigenvalue weighted by Crippen LogP contribution is 2.53. The number of carbonyl (C=O) groups is 2. The molecule has 1 aliphatic rings. The van der Waals surface area contributed by atoms with Crippen LogP contribution in [0.4, 0.5) is 14.5 Å². The van der Waals surface area contributed by atoms with Crippen LogP contribution in [0, 0.1) is 28.4 Å². The van der Waals surface area contributed by atoms with Gasteiger partial charge in [-0.2, -0.15) is 5.26 Å². The minimum atomic E-state index is -1.73. The van der Waals surface area contributed by atoms with Gasteiger partial charge in [0.15, 0.2) is 0 Å². The number of hydrogen-bond donors (Lipinski definition) is 3. The van der Waals surface area contributed by atoms with Crippen LogP contribution in [-0.2, 0) is 20.4 Å². The molecule has 4 rings (SSSR count). The SMILES string of the molecule is CC(C)(C)CC1NC(C(=O)Nc2ccc(C(C)(C)C(N)=O)cc2)C(c2cccc(Cl)c2F)C1(C#N)c1ccc(Cl)cc1F. The Labute approximate surface area is 260 Å². The molecule has 0 aromatic heterocycles. The Morgan fingerprint density at radius 3 is 2.26 bits per heavy atom. The van der Waals surface area contributed by atoms with Crippen LogP contribution >= 0.6 is 23.2 Å². The number of nitrogens with one attached hydrogen (secondary N) is 2. The Morgan fingerprint density at radius 2 is 1.70 bits per heavy atom. The fourth-order valence-electron chi connectivity index (χ4n) is 5.89. The van der Waals surface area contributed by atoms with Gasteiger partial charge in [-0.1, -0.05) is 74.3 Å². The van der Waals surface area contributed by atoms with Gasteiger partial charge in [0, 0.05) is 28.2 Å². The zero-order valence-electron chi connectivity index (χ0n) is 24.6. The monoisotopic (exact) mass is 626 g/mol. The quantitative estimate of drug-likeness (QED) is 0.262. The molecule has 4 atom stereocenters. The lowest BCUT2D eigenvalue weighted by molar-refractivity contribution is -0.122. The third-order valence-electron chi connectivity index (χ3n) is 8.22. The normalized spacial score (nSPS) is 22.2. The van der Waals surface area contributed by atoms with Crippen LogP contribution in [0.1, 0.15) is 63.6 Å². The average molecular weight is 628 g/mol. The van der Waals surface area contributed by atoms with Crippen molar-refractivity contribution >= 4 is 40.7 Å². The van der Waals surface area contributed by atoms with E-state index in [0.29, 0.717) is 17.7 Å². The summed E-state index contributed by atoms with van der Waals surface area (Å²) in [5.74, 6) is -3.78. The molecule has 6 nitrogen and oxygen atoms in total. The highest BCUT2D eigenvalue weighted by Gasteiger charge is 2.61. The second-order valence-corrected chi connectivity index (χ2v) is 13.6. The van der Waals surface area contributed by atoms with Gasteiger partial charge in [0.2, 0.25) is 11.8 Å². The van der Waals surface area contributed by atoms with Crippen molar-refractivity contribution in [2.45, 2.75) is 69.9 Å². The zero-order valence-corrected chi connectivity index (χ0v) is 26.1. The van der Waals surface area contributed by atoms with Crippen molar-refractivity contribution < 1.29 is 18.4 Å². The van der Waals surface area contributed by atoms with Crippen LogP contribution in [0.3, 0.4) is 0 Å². The summed E-state index contributed by atoms with van der Waals surface area (Å²) < 4.78 is 31.6. The molecular formula is C33H34Cl2F2N4O2. The maximum atomic E-state index is 15.8. The predicted molar refractivity (Wildman–Crippen MR) is 165 cm³/mol. The Morgan fingerprint density at radius 1 is 1.05 bits per heavy atom. The first-order valence-electron chi connectivity index (χ1n) is 13.8. The van der Waals surface area contributed by atoms with E-state index in [4.69, 9.17) is 28.9 Å². The zero-order chi connectivity index (χ0) is 31.9. The summed E-state index contributed by atoms with van der Waals surface area (Å²) in [5, 5.41) is 17.0. The van der Waals surface area contributed by atoms with Crippen molar-refractivity contribution in [3.05, 3.63) is 99.0 Å². The highest BCUT2D eigenvalue weighted by atomic mass is 35.5. The molecule has 3 aromatic rings. The number of nitrogens with zero attached hydrogens (tertiary/aromatic N) is 1. The maximum absolute atomic E-state index is 15.8. The summed E-state index contributed by atoms with van der Waals surface area (Å²) >= 11 is 12.3. The molecule has 0 aliphatic carbocycles. The minimum absolute atomic E-state index is 0.00105. The number of nitriles is 1. The van der Waals surface area contributed by atoms with Crippen molar-refractivity contribution in [2.75, 3.05) is 5.32 Å². The molecule has 1 aliphatic heterocycles. The van der Waals surface area contributed by atoms with Gasteiger partial charge in [-0.3, -0.25) is 9.59 Å². The van der Waals surface area contributed by atoms with Gasteiger partial charge in [0.05, 0.1) is 22.5 Å². The van der Waals surface area contributed by atoms with E-state index in [2.05, 4.69) is 16.7 Å². The van der Waals surface area contributed by atoms with Crippen molar-refractivity contribution in [3.8, 4) is 6.07 Å². The molecule has 1 saturated heterocycles. The van der Waals surface area contributed by atoms with Gasteiger partial charge >= 0.3 is 0 Å². The second-order valence-electron chi connectivity index (χ2n) is 12.7. The van der Waals surface area contributed by atoms with Crippen LogP contribution < -0.4 is 16.4 Å². The summed E-state index contributed by atoms with van der Waals surface area (Å²) in [6, 6.07) is 15.4. The number of anilines is 1. The molecule has 2 amide bonds. The molecule has 4 unspecified atom stereocenters. The lowest BCUT2D eigenvalue weighted by atomic mass is 9.62. The van der Waals surface area contributed by atoms with E-state index in [1.54, 1.807) is 38.1 Å². The number of amides is 2. The standard InChI is InChI=1S/C33H34Cl2F2N4O2/c1-31(2,3)16-25-33(17-38,22-14-11-19(34)15-24(22)36)26(21-7-6-8-23(35)27(21)37)28(41-25)29(42)40-20-12-9-18(10-13-20)32(4,5)30(39)43/h6-15,25-26,28,41H,16H2,1-5H3,(H2,39,43)(H,40,42). The van der Waals surface area contributed by atoms with E-state index in [-0.39, 0.29) is 26.6 Å². The van der Waals surface area contributed by atoms with Crippen LogP contribution in [0.25, 0.3) is 0 Å². The summed E-state index contributed by atoms with van der Waals surface area (Å²) in [7, 11) is 0. The van der Waals surface area contributed by atoms with Crippen molar-refractivity contribution in [1.82, 2.24) is 5.32 Å². The fourth-order valence-corrected chi connectivity index (χ4v) is 6.23. The number of carbonyl (C=O) groups excluding carboxylic acids is 2. The first-order valence-corrected chi connectivity index (χ1v) is 14.6. The minimum Gasteiger partial charge on any atom is -0.369 e. The van der Waals surface area contributed by atoms with Gasteiger partial charge in [-0.05, 0) is 67.1 Å². The second kappa shape index (κ2) is 11.9. The summed E-state index contributed by atoms with van der Waals surface area (Å²) in [5.41, 5.74) is 3.58. The number of hydrogen-bond acceptors (Lipinski definition) is 4. The number of primary amides is 1. The molecule has 1 fully saturated rings. The molecule has 0 spiro atoms. The van der Waals surface area contributed by atoms with Crippen molar-refractivity contribution in [3.63, 3.8) is 0 Å². The van der Waals surface area contributed by atoms with E-state index in [0.717, 1.165) is 6.07 Å². The van der Waals surface area contributed by atoms with Gasteiger partial charge in [-0.25, -0.2) is 8.78 Å². The topological polar surface area (TPSA) is 108 Å². The van der Waals surface area contributed by atoms with Gasteiger partial charge in [0.1, 0.15) is 17.0 Å². The number of benzene rings is 3. The van der Waals surface area contributed by atoms with Crippen LogP contribution in [0.5, 0.6) is 0 Å². The largest absolute Gasteiger partial charge is 0.369 e. The number of halogens is 4. The molecule has 226 valence electrons. The number of nitrogens with two attached hydrogens (primary N) is 1. The van der Waals surface area contributed by atoms with E-state index in [1.807, 2.05) is 20.8 Å². The Bertz CT molecular complexity index is 1600. The highest BCUT2D eigenvalue weighted by molar-refractivity contribution is 6.31. The third kappa shape index (κ3) is 6.12. The first kappa shape index (κ1) is 32.4. The molecule has 4 N–H and O–H groups in total. The van der Waals surface area contributed by atoms with Crippen LogP contribution in [0.15, 0.2) is 60.7 Å². The summed E-state index contributed by atoms with van der Waals surface area (Å²) in [4.78, 5) is 25.9. The van der Waals surface area contributed by atoms with Crippen LogP contribution in [-0.4, -0.2) is 23.9 Å². The van der Waals surface area contributed by atoms with Gasteiger partial charge in [-0.15, -0.1) is 0 Å². The van der Waals surface area contributed by atoms with E-state index < -0.39 is 52.3 Å². The lowest BCUT2D eigenvalue weighted by Gasteiger charge is -2.37. The summed E-state index contributed by atoms with van der Waals surface area (Å²) in [6.07, 6.45) is 0.349. The maximum Gasteiger partial charge on any atom is 0.242 e. The number of rotatable bonds is 7. The first-order chi connectivity index (χ1) is 20.0. The molecule has 3 aromatic carbocycles. The Balaban J connectivity index is 1.88. The van der Waals surface area contributed by atoms with Crippen molar-refractivity contribution in [1.29, 1.82) is 5.26 Å². The fraction of sp³-hybridized carbons (Fsp3) is 0.364. The molecule has 0 saturated carbocycles. The smallest absolute Gasteiger partial charge is 0.242 e. The Hall–Kier alpha value is -3.51. The van der Waals surface area contributed by atoms with Gasteiger partial charge in [0.25, 0.3) is 0 Å². The van der Waals surface area contributed by atoms with E-state index in [1.165, 1.54) is 30.3 Å². The lowest BCUT2D eigenvalue weighted by Crippen LogP contribution is -2.45. The Kier molecular flexibility index (Phi) is 8.95. The predicted octanol–water partition coefficient (Wildman–Crippen LogP) is 6.99. The van der Waals surface area contributed by atoms with Crippen LogP contribution in [0.2, 0.25) is 10.0 Å². The van der Waals surface area contributed by atoms with Crippen molar-refractivity contribution in [2.24, 2.45) is 11.1 Å². The molecule has 10 heteroatoms. The molecular weight excluding hydrogens is 593 g/mol.